The van der Waals surface area contributed by atoms with E-state index in [9.17, 15) is 39.6 Å². The summed E-state index contributed by atoms with van der Waals surface area (Å²) in [7, 11) is 0. The van der Waals surface area contributed by atoms with Crippen LogP contribution >= 0.6 is 11.8 Å². The van der Waals surface area contributed by atoms with E-state index in [4.69, 9.17) is 20.3 Å². The number of hydrogen-bond donors (Lipinski definition) is 7. The molecule has 2 amide bonds. The van der Waals surface area contributed by atoms with Gasteiger partial charge in [-0.15, -0.1) is 11.8 Å². The summed E-state index contributed by atoms with van der Waals surface area (Å²) < 4.78 is 10.5. The molecule has 0 bridgehead atoms. The number of rotatable bonds is 7. The molecule has 2 saturated heterocycles. The number of ether oxygens (including phenoxy) is 2. The average Bonchev–Trinajstić information content (AvgIpc) is 2.86. The molecule has 1 aromatic carbocycles. The quantitative estimate of drug-likeness (QED) is 0.181. The lowest BCUT2D eigenvalue weighted by Gasteiger charge is -2.49. The SMILES string of the molecule is CC1=C(C(=O)O)N2C(=O)[C@@H](NC(=O)[C@H](N)c3ccc(OC4OC(C(=O)O)C(O)C(O)C4O)cc3)[C@H]2SC1. The molecular weight excluding hydrogens is 514 g/mol. The van der Waals surface area contributed by atoms with Crippen LogP contribution in [0.25, 0.3) is 0 Å². The summed E-state index contributed by atoms with van der Waals surface area (Å²) in [4.78, 5) is 49.2. The predicted octanol–water partition coefficient (Wildman–Crippen LogP) is -2.28. The van der Waals surface area contributed by atoms with Crippen molar-refractivity contribution in [2.45, 2.75) is 55.1 Å². The van der Waals surface area contributed by atoms with Gasteiger partial charge in [-0.2, -0.15) is 0 Å². The first-order valence-corrected chi connectivity index (χ1v) is 12.1. The zero-order valence-electron chi connectivity index (χ0n) is 19.3. The Morgan fingerprint density at radius 2 is 1.78 bits per heavy atom. The van der Waals surface area contributed by atoms with Crippen LogP contribution in [0, 0.1) is 0 Å². The normalized spacial score (nSPS) is 32.2. The maximum Gasteiger partial charge on any atom is 0.352 e. The predicted molar refractivity (Wildman–Crippen MR) is 124 cm³/mol. The maximum absolute atomic E-state index is 12.7. The van der Waals surface area contributed by atoms with Crippen LogP contribution in [0.15, 0.2) is 35.5 Å². The number of nitrogens with one attached hydrogen (secondary N) is 1. The number of hydrogen-bond acceptors (Lipinski definition) is 11. The van der Waals surface area contributed by atoms with E-state index in [2.05, 4.69) is 5.32 Å². The molecule has 5 unspecified atom stereocenters. The van der Waals surface area contributed by atoms with E-state index in [-0.39, 0.29) is 11.4 Å². The van der Waals surface area contributed by atoms with Crippen molar-refractivity contribution in [2.24, 2.45) is 5.73 Å². The van der Waals surface area contributed by atoms with Crippen molar-refractivity contribution in [3.63, 3.8) is 0 Å². The number of carboxylic acid groups (broad SMARTS) is 2. The number of nitrogens with two attached hydrogens (primary N) is 1. The number of carboxylic acids is 2. The van der Waals surface area contributed by atoms with E-state index in [1.807, 2.05) is 0 Å². The summed E-state index contributed by atoms with van der Waals surface area (Å²) in [5.41, 5.74) is 6.84. The molecule has 8 atom stereocenters. The molecular formula is C22H25N3O11S. The lowest BCUT2D eigenvalue weighted by atomic mass is 9.99. The maximum atomic E-state index is 12.7. The van der Waals surface area contributed by atoms with Gasteiger partial charge in [0.1, 0.15) is 47.2 Å². The summed E-state index contributed by atoms with van der Waals surface area (Å²) >= 11 is 1.33. The Kier molecular flexibility index (Phi) is 7.45. The Balaban J connectivity index is 1.38. The molecule has 0 radical (unpaired) electrons. The fourth-order valence-corrected chi connectivity index (χ4v) is 5.50. The highest BCUT2D eigenvalue weighted by molar-refractivity contribution is 8.00. The monoisotopic (exact) mass is 539 g/mol. The molecule has 3 aliphatic rings. The minimum absolute atomic E-state index is 0.0806. The van der Waals surface area contributed by atoms with Crippen LogP contribution in [0.1, 0.15) is 18.5 Å². The largest absolute Gasteiger partial charge is 0.479 e. The summed E-state index contributed by atoms with van der Waals surface area (Å²) in [6.45, 7) is 1.63. The van der Waals surface area contributed by atoms with Crippen LogP contribution in [-0.4, -0.2) is 102 Å². The topological polar surface area (TPSA) is 229 Å². The van der Waals surface area contributed by atoms with Crippen molar-refractivity contribution < 1.29 is 54.2 Å². The molecule has 0 aromatic heterocycles. The van der Waals surface area contributed by atoms with Gasteiger partial charge >= 0.3 is 11.9 Å². The van der Waals surface area contributed by atoms with Crippen LogP contribution in [0.2, 0.25) is 0 Å². The smallest absolute Gasteiger partial charge is 0.352 e. The molecule has 3 aliphatic heterocycles. The van der Waals surface area contributed by atoms with Gasteiger partial charge in [0.2, 0.25) is 12.2 Å². The first kappa shape index (κ1) is 26.8. The Bertz CT molecular complexity index is 1140. The van der Waals surface area contributed by atoms with Crippen LogP contribution < -0.4 is 15.8 Å². The minimum atomic E-state index is -1.86. The molecule has 0 spiro atoms. The molecule has 37 heavy (non-hydrogen) atoms. The van der Waals surface area contributed by atoms with Gasteiger partial charge in [-0.3, -0.25) is 14.5 Å². The van der Waals surface area contributed by atoms with Gasteiger partial charge < -0.3 is 46.1 Å². The molecule has 0 aliphatic carbocycles. The summed E-state index contributed by atoms with van der Waals surface area (Å²) in [5.74, 6) is -3.49. The molecule has 3 heterocycles. The lowest BCUT2D eigenvalue weighted by molar-refractivity contribution is -0.271. The van der Waals surface area contributed by atoms with Gasteiger partial charge in [-0.25, -0.2) is 9.59 Å². The van der Waals surface area contributed by atoms with Gasteiger partial charge in [0.05, 0.1) is 0 Å². The second-order valence-corrected chi connectivity index (χ2v) is 9.83. The zero-order valence-corrected chi connectivity index (χ0v) is 20.1. The number of carbonyl (C=O) groups excluding carboxylic acids is 2. The van der Waals surface area contributed by atoms with Gasteiger partial charge in [-0.1, -0.05) is 12.1 Å². The number of amides is 2. The highest BCUT2D eigenvalue weighted by Crippen LogP contribution is 2.40. The van der Waals surface area contributed by atoms with Crippen LogP contribution in [0.4, 0.5) is 0 Å². The number of β-lactam (4-membered cyclic amide) rings is 1. The Hall–Kier alpha value is -3.21. The molecule has 0 saturated carbocycles. The van der Waals surface area contributed by atoms with Crippen molar-refractivity contribution in [1.82, 2.24) is 10.2 Å². The van der Waals surface area contributed by atoms with Gasteiger partial charge in [0.15, 0.2) is 6.10 Å². The minimum Gasteiger partial charge on any atom is -0.479 e. The number of fused-ring (bicyclic) bond motifs is 1. The number of benzene rings is 1. The number of aliphatic carboxylic acids is 2. The van der Waals surface area contributed by atoms with Crippen LogP contribution in [0.5, 0.6) is 5.75 Å². The summed E-state index contributed by atoms with van der Waals surface area (Å²) in [6, 6.07) is 3.46. The molecule has 15 heteroatoms. The molecule has 1 aromatic rings. The number of aliphatic hydroxyl groups is 3. The van der Waals surface area contributed by atoms with E-state index in [0.717, 1.165) is 4.90 Å². The molecule has 200 valence electrons. The second-order valence-electron chi connectivity index (χ2n) is 8.73. The standard InChI is InChI=1S/C22H25N3O11S/c1-7-6-37-19-11(18(30)25(19)12(7)20(31)32)24-17(29)10(23)8-2-4-9(5-3-8)35-22-15(28)13(26)14(27)16(36-22)21(33)34/h2-5,10-11,13-16,19,22,26-28H,6,23H2,1H3,(H,24,29)(H,31,32)(H,33,34)/t10-,11-,13?,14?,15?,16?,19-,22?/m1/s1. The summed E-state index contributed by atoms with van der Waals surface area (Å²) in [6.07, 6.45) is -8.84. The Labute approximate surface area is 213 Å². The fourth-order valence-electron chi connectivity index (χ4n) is 4.21. The first-order valence-electron chi connectivity index (χ1n) is 11.0. The number of nitrogens with zero attached hydrogens (tertiary/aromatic N) is 1. The van der Waals surface area contributed by atoms with E-state index >= 15 is 0 Å². The highest BCUT2D eigenvalue weighted by atomic mass is 32.2. The van der Waals surface area contributed by atoms with Crippen molar-refractivity contribution in [3.05, 3.63) is 41.1 Å². The molecule has 14 nitrogen and oxygen atoms in total. The van der Waals surface area contributed by atoms with Crippen molar-refractivity contribution in [2.75, 3.05) is 5.75 Å². The van der Waals surface area contributed by atoms with Gasteiger partial charge in [-0.05, 0) is 30.2 Å². The van der Waals surface area contributed by atoms with Crippen LogP contribution in [-0.2, 0) is 23.9 Å². The van der Waals surface area contributed by atoms with Crippen LogP contribution in [0.3, 0.4) is 0 Å². The molecule has 4 rings (SSSR count). The highest BCUT2D eigenvalue weighted by Gasteiger charge is 2.54. The van der Waals surface area contributed by atoms with Crippen molar-refractivity contribution in [3.8, 4) is 5.75 Å². The van der Waals surface area contributed by atoms with Gasteiger partial charge in [0.25, 0.3) is 5.91 Å². The fraction of sp³-hybridized carbons (Fsp3) is 0.455. The zero-order chi connectivity index (χ0) is 27.2. The third kappa shape index (κ3) is 4.88. The van der Waals surface area contributed by atoms with E-state index in [1.54, 1.807) is 6.92 Å². The van der Waals surface area contributed by atoms with E-state index in [1.165, 1.54) is 36.0 Å². The Morgan fingerprint density at radius 3 is 2.38 bits per heavy atom. The average molecular weight is 540 g/mol. The van der Waals surface area contributed by atoms with E-state index < -0.39 is 71.9 Å². The number of carbonyl (C=O) groups is 4. The lowest BCUT2D eigenvalue weighted by Crippen LogP contribution is -2.71. The second kappa shape index (κ2) is 10.3. The Morgan fingerprint density at radius 1 is 1.14 bits per heavy atom. The van der Waals surface area contributed by atoms with Crippen molar-refractivity contribution in [1.29, 1.82) is 0 Å². The number of aliphatic hydroxyl groups excluding tert-OH is 3. The molecule has 2 fully saturated rings. The number of thioether (sulfide) groups is 1. The molecule has 8 N–H and O–H groups in total. The third-order valence-electron chi connectivity index (χ3n) is 6.25. The summed E-state index contributed by atoms with van der Waals surface area (Å²) in [5, 5.41) is 50.2. The van der Waals surface area contributed by atoms with Gasteiger partial charge in [0, 0.05) is 5.75 Å². The first-order chi connectivity index (χ1) is 17.4. The third-order valence-corrected chi connectivity index (χ3v) is 7.67. The van der Waals surface area contributed by atoms with Crippen molar-refractivity contribution >= 4 is 35.5 Å². The van der Waals surface area contributed by atoms with E-state index in [0.29, 0.717) is 16.9 Å².